The number of piperidine rings is 2. The fourth-order valence-corrected chi connectivity index (χ4v) is 8.73. The van der Waals surface area contributed by atoms with Gasteiger partial charge in [0.25, 0.3) is 5.56 Å². The van der Waals surface area contributed by atoms with Crippen LogP contribution in [-0.4, -0.2) is 94.9 Å². The highest BCUT2D eigenvalue weighted by atomic mass is 19.4. The van der Waals surface area contributed by atoms with E-state index in [1.165, 1.54) is 10.6 Å². The molecule has 2 amide bonds. The Balaban J connectivity index is 0.974. The van der Waals surface area contributed by atoms with Crippen LogP contribution >= 0.6 is 0 Å². The van der Waals surface area contributed by atoms with E-state index in [4.69, 9.17) is 9.47 Å². The second-order valence-electron chi connectivity index (χ2n) is 16.2. The molecule has 2 aromatic carbocycles. The molecule has 16 heteroatoms. The third kappa shape index (κ3) is 8.24. The minimum atomic E-state index is -4.59. The lowest BCUT2D eigenvalue weighted by Crippen LogP contribution is -2.61. The van der Waals surface area contributed by atoms with E-state index >= 15 is 0 Å². The Morgan fingerprint density at radius 1 is 1.03 bits per heavy atom. The molecule has 2 aromatic heterocycles. The van der Waals surface area contributed by atoms with Crippen molar-refractivity contribution in [1.82, 2.24) is 29.9 Å². The van der Waals surface area contributed by atoms with Crippen LogP contribution in [0.1, 0.15) is 57.1 Å². The Hall–Kier alpha value is -5.51. The maximum Gasteiger partial charge on any atom is 0.418 e. The average Bonchev–Trinajstić information content (AvgIpc) is 3.68. The molecule has 310 valence electrons. The number of aromatic amines is 1. The number of methoxy groups -OCH3 is 2. The number of alkyl halides is 3. The normalized spacial score (nSPS) is 19.3. The number of halogens is 3. The van der Waals surface area contributed by atoms with Crippen LogP contribution in [0.4, 0.5) is 24.5 Å². The van der Waals surface area contributed by atoms with Crippen molar-refractivity contribution in [3.8, 4) is 22.6 Å². The van der Waals surface area contributed by atoms with Crippen molar-refractivity contribution in [2.24, 2.45) is 13.0 Å². The van der Waals surface area contributed by atoms with Crippen molar-refractivity contribution in [3.05, 3.63) is 76.5 Å². The van der Waals surface area contributed by atoms with Crippen molar-refractivity contribution in [2.75, 3.05) is 57.2 Å². The summed E-state index contributed by atoms with van der Waals surface area (Å²) in [7, 11) is 4.92. The van der Waals surface area contributed by atoms with E-state index < -0.39 is 23.3 Å². The number of benzene rings is 2. The van der Waals surface area contributed by atoms with Crippen molar-refractivity contribution in [3.63, 3.8) is 0 Å². The first-order chi connectivity index (χ1) is 27.6. The topological polar surface area (TPSA) is 137 Å². The fourth-order valence-electron chi connectivity index (χ4n) is 8.73. The molecule has 3 aliphatic heterocycles. The Bertz CT molecular complexity index is 2250. The monoisotopic (exact) mass is 804 g/mol. The summed E-state index contributed by atoms with van der Waals surface area (Å²) in [6.45, 7) is 10.9. The number of fused-ring (bicyclic) bond motifs is 1. The largest absolute Gasteiger partial charge is 0.496 e. The van der Waals surface area contributed by atoms with Crippen LogP contribution in [0.25, 0.3) is 22.0 Å². The first kappa shape index (κ1) is 40.7. The second kappa shape index (κ2) is 16.0. The van der Waals surface area contributed by atoms with Gasteiger partial charge in [-0.2, -0.15) is 18.3 Å². The van der Waals surface area contributed by atoms with E-state index in [1.807, 2.05) is 17.0 Å². The van der Waals surface area contributed by atoms with Gasteiger partial charge in [0.15, 0.2) is 0 Å². The highest BCUT2D eigenvalue weighted by molar-refractivity contribution is 5.94. The number of hydrogen-bond acceptors (Lipinski definition) is 9. The number of carbonyl (C=O) groups is 2. The van der Waals surface area contributed by atoms with Crippen LogP contribution in [0, 0.1) is 5.92 Å². The fraction of sp³-hybridized carbons (Fsp3) is 0.476. The number of hydrogen-bond donors (Lipinski definition) is 3. The van der Waals surface area contributed by atoms with Crippen molar-refractivity contribution in [2.45, 2.75) is 70.3 Å². The summed E-state index contributed by atoms with van der Waals surface area (Å²) in [5.41, 5.74) is 2.43. The first-order valence-corrected chi connectivity index (χ1v) is 19.6. The lowest BCUT2D eigenvalue weighted by Gasteiger charge is -2.48. The smallest absolute Gasteiger partial charge is 0.418 e. The molecule has 3 fully saturated rings. The number of allylic oxidation sites excluding steroid dienone is 1. The van der Waals surface area contributed by atoms with E-state index in [0.717, 1.165) is 22.8 Å². The molecule has 0 spiro atoms. The number of H-pyrrole nitrogens is 1. The number of aryl methyl sites for hydroxylation is 1. The Morgan fingerprint density at radius 2 is 1.74 bits per heavy atom. The van der Waals surface area contributed by atoms with E-state index in [-0.39, 0.29) is 34.7 Å². The molecular weight excluding hydrogens is 754 g/mol. The van der Waals surface area contributed by atoms with Gasteiger partial charge < -0.3 is 34.5 Å². The van der Waals surface area contributed by atoms with E-state index in [9.17, 15) is 27.6 Å². The lowest BCUT2D eigenvalue weighted by molar-refractivity contribution is -0.142. The minimum absolute atomic E-state index is 0.0483. The lowest BCUT2D eigenvalue weighted by atomic mass is 9.90. The molecule has 0 saturated carbocycles. The number of ether oxygens (including phenoxy) is 2. The molecule has 7 rings (SSSR count). The Kier molecular flexibility index (Phi) is 11.2. The van der Waals surface area contributed by atoms with Gasteiger partial charge in [-0.25, -0.2) is 0 Å². The number of piperazine rings is 1. The van der Waals surface area contributed by atoms with Crippen LogP contribution in [0.15, 0.2) is 59.8 Å². The molecule has 1 atom stereocenters. The van der Waals surface area contributed by atoms with Gasteiger partial charge in [-0.3, -0.25) is 24.4 Å². The third-order valence-corrected chi connectivity index (χ3v) is 11.8. The first-order valence-electron chi connectivity index (χ1n) is 19.6. The molecule has 0 radical (unpaired) electrons. The van der Waals surface area contributed by atoms with Gasteiger partial charge >= 0.3 is 6.18 Å². The van der Waals surface area contributed by atoms with Crippen LogP contribution in [0.2, 0.25) is 0 Å². The van der Waals surface area contributed by atoms with Gasteiger partial charge in [-0.05, 0) is 81.3 Å². The zero-order valence-corrected chi connectivity index (χ0v) is 33.6. The van der Waals surface area contributed by atoms with Crippen LogP contribution in [0.3, 0.4) is 0 Å². The van der Waals surface area contributed by atoms with Crippen LogP contribution in [-0.2, 0) is 29.4 Å². The SMILES string of the molecule is C=C1CCC(Nc2ccc(N3CCC(CC(=O)N4CCN(Cc5c(OC)cc(-c6cn(C)c(=O)c7[nH]ncc67)cc5OC)CC4(C)C)CC3)c(C(F)(F)F)c2)C(=O)N1. The maximum absolute atomic E-state index is 14.4. The number of nitrogens with zero attached hydrogens (tertiary/aromatic N) is 5. The van der Waals surface area contributed by atoms with Gasteiger partial charge in [-0.15, -0.1) is 0 Å². The Morgan fingerprint density at radius 3 is 2.38 bits per heavy atom. The van der Waals surface area contributed by atoms with Gasteiger partial charge in [0.1, 0.15) is 23.1 Å². The minimum Gasteiger partial charge on any atom is -0.496 e. The van der Waals surface area contributed by atoms with Gasteiger partial charge in [-0.1, -0.05) is 6.58 Å². The summed E-state index contributed by atoms with van der Waals surface area (Å²) in [6, 6.07) is 7.39. The number of pyridine rings is 1. The van der Waals surface area contributed by atoms with Gasteiger partial charge in [0, 0.05) is 92.5 Å². The predicted molar refractivity (Wildman–Crippen MR) is 216 cm³/mol. The summed E-state index contributed by atoms with van der Waals surface area (Å²) in [4.78, 5) is 44.8. The summed E-state index contributed by atoms with van der Waals surface area (Å²) < 4.78 is 56.4. The summed E-state index contributed by atoms with van der Waals surface area (Å²) in [6.07, 6.45) is 1.34. The molecule has 0 aliphatic carbocycles. The second-order valence-corrected chi connectivity index (χ2v) is 16.2. The molecule has 1 unspecified atom stereocenters. The molecule has 3 saturated heterocycles. The average molecular weight is 805 g/mol. The molecule has 0 bridgehead atoms. The third-order valence-electron chi connectivity index (χ3n) is 11.8. The Labute approximate surface area is 335 Å². The van der Waals surface area contributed by atoms with Gasteiger partial charge in [0.2, 0.25) is 11.8 Å². The number of rotatable bonds is 10. The van der Waals surface area contributed by atoms with Crippen LogP contribution < -0.4 is 30.6 Å². The predicted octanol–water partition coefficient (Wildman–Crippen LogP) is 5.90. The highest BCUT2D eigenvalue weighted by Gasteiger charge is 2.40. The van der Waals surface area contributed by atoms with E-state index in [1.54, 1.807) is 44.6 Å². The van der Waals surface area contributed by atoms with Crippen molar-refractivity contribution >= 4 is 34.1 Å². The summed E-state index contributed by atoms with van der Waals surface area (Å²) in [5, 5.41) is 13.2. The number of carbonyl (C=O) groups excluding carboxylic acids is 2. The molecule has 5 heterocycles. The quantitative estimate of drug-likeness (QED) is 0.179. The molecule has 3 aliphatic rings. The molecule has 58 heavy (non-hydrogen) atoms. The van der Waals surface area contributed by atoms with Crippen molar-refractivity contribution < 1.29 is 32.2 Å². The van der Waals surface area contributed by atoms with Gasteiger partial charge in [0.05, 0.1) is 31.5 Å². The van der Waals surface area contributed by atoms with Crippen LogP contribution in [0.5, 0.6) is 11.5 Å². The maximum atomic E-state index is 14.4. The number of anilines is 2. The number of aromatic nitrogens is 3. The van der Waals surface area contributed by atoms with E-state index in [2.05, 4.69) is 46.2 Å². The standard InChI is InChI=1S/C42H51F3N8O5/c1-25-7-9-33(39(55)47-25)48-28-8-10-34(32(20-28)42(43,44)45)52-13-11-26(12-14-52)17-37(54)53-16-15-51(24-41(53,2)3)23-31-35(57-5)18-27(19-36(31)58-6)30-22-50(4)40(56)38-29(30)21-46-49-38/h8,10,18-22,26,33,48H,1,7,9,11-17,23-24H2,2-6H3,(H,46,49)(H,47,55). The zero-order chi connectivity index (χ0) is 41.5. The van der Waals surface area contributed by atoms with E-state index in [0.29, 0.717) is 99.5 Å². The zero-order valence-electron chi connectivity index (χ0n) is 33.6. The van der Waals surface area contributed by atoms with Crippen molar-refractivity contribution in [1.29, 1.82) is 0 Å². The molecule has 13 nitrogen and oxygen atoms in total. The summed E-state index contributed by atoms with van der Waals surface area (Å²) >= 11 is 0. The number of nitrogens with one attached hydrogen (secondary N) is 3. The summed E-state index contributed by atoms with van der Waals surface area (Å²) in [5.74, 6) is 1.06. The molecule has 3 N–H and O–H groups in total. The molecular formula is C42H51F3N8O5. The molecule has 4 aromatic rings. The highest BCUT2D eigenvalue weighted by Crippen LogP contribution is 2.41. The number of amides is 2.